The fourth-order valence-electron chi connectivity index (χ4n) is 7.78. The first-order valence-corrected chi connectivity index (χ1v) is 19.3. The van der Waals surface area contributed by atoms with E-state index in [-0.39, 0.29) is 36.6 Å². The van der Waals surface area contributed by atoms with Crippen LogP contribution in [0.15, 0.2) is 90.5 Å². The fourth-order valence-corrected chi connectivity index (χ4v) is 7.78. The maximum absolute atomic E-state index is 15.0. The Bertz CT molecular complexity index is 2220. The molecule has 306 valence electrons. The third-order valence-corrected chi connectivity index (χ3v) is 10.8. The van der Waals surface area contributed by atoms with Gasteiger partial charge >= 0.3 is 17.6 Å². The first-order chi connectivity index (χ1) is 28.0. The Balaban J connectivity index is 0.904. The van der Waals surface area contributed by atoms with Crippen molar-refractivity contribution in [2.24, 2.45) is 5.92 Å². The number of carboxylic acids is 1. The van der Waals surface area contributed by atoms with Crippen LogP contribution < -0.4 is 20.2 Å². The minimum absolute atomic E-state index is 0.0342. The molecule has 3 aromatic carbocycles. The number of aromatic nitrogens is 6. The van der Waals surface area contributed by atoms with Gasteiger partial charge < -0.3 is 29.1 Å². The van der Waals surface area contributed by atoms with Crippen LogP contribution in [0, 0.1) is 17.6 Å². The largest absolute Gasteiger partial charge is 0.493 e. The molecule has 0 radical (unpaired) electrons. The molecule has 2 aliphatic heterocycles. The Morgan fingerprint density at radius 2 is 1.60 bits per heavy atom. The van der Waals surface area contributed by atoms with Crippen molar-refractivity contribution < 1.29 is 37.7 Å². The molecule has 2 aromatic heterocycles. The van der Waals surface area contributed by atoms with E-state index in [0.29, 0.717) is 37.5 Å². The number of anilines is 2. The summed E-state index contributed by atoms with van der Waals surface area (Å²) in [5, 5.41) is 17.3. The lowest BCUT2D eigenvalue weighted by atomic mass is 9.87. The van der Waals surface area contributed by atoms with Gasteiger partial charge in [-0.2, -0.15) is 10.2 Å². The van der Waals surface area contributed by atoms with Crippen LogP contribution in [0.2, 0.25) is 0 Å². The van der Waals surface area contributed by atoms with Crippen LogP contribution in [0.5, 0.6) is 5.75 Å². The molecule has 0 amide bonds. The SMILES string of the molecule is CCC(C(C)OC(=O)CCC(=O)O)n1ncn(-c2ccc(N3CCN(c4ccc(OCC5COC(Cn6cncn6)(c6ccc(F)cc6F)C5)cc4)CC3)cc2)c1=O. The highest BCUT2D eigenvalue weighted by atomic mass is 19.1. The summed E-state index contributed by atoms with van der Waals surface area (Å²) in [7, 11) is 0. The highest BCUT2D eigenvalue weighted by Crippen LogP contribution is 2.42. The van der Waals surface area contributed by atoms with Crippen molar-refractivity contribution in [3.05, 3.63) is 113 Å². The molecule has 0 saturated carbocycles. The number of nitrogens with zero attached hydrogens (tertiary/aromatic N) is 8. The van der Waals surface area contributed by atoms with Crippen LogP contribution in [-0.2, 0) is 31.2 Å². The summed E-state index contributed by atoms with van der Waals surface area (Å²) in [5.41, 5.74) is 1.63. The number of rotatable bonds is 16. The van der Waals surface area contributed by atoms with Gasteiger partial charge in [-0.1, -0.05) is 13.0 Å². The lowest BCUT2D eigenvalue weighted by Crippen LogP contribution is -2.46. The lowest BCUT2D eigenvalue weighted by molar-refractivity contribution is -0.153. The van der Waals surface area contributed by atoms with Crippen LogP contribution in [0.4, 0.5) is 20.2 Å². The predicted molar refractivity (Wildman–Crippen MR) is 208 cm³/mol. The number of benzene rings is 3. The lowest BCUT2D eigenvalue weighted by Gasteiger charge is -2.37. The number of carboxylic acid groups (broad SMARTS) is 1. The number of hydrogen-bond donors (Lipinski definition) is 1. The average molecular weight is 801 g/mol. The van der Waals surface area contributed by atoms with Gasteiger partial charge in [-0.25, -0.2) is 32.5 Å². The summed E-state index contributed by atoms with van der Waals surface area (Å²) >= 11 is 0. The Morgan fingerprint density at radius 3 is 2.22 bits per heavy atom. The fraction of sp³-hybridized carbons (Fsp3) is 0.415. The second kappa shape index (κ2) is 17.6. The topological polar surface area (TPSA) is 159 Å². The summed E-state index contributed by atoms with van der Waals surface area (Å²) in [6.45, 7) is 7.67. The Kier molecular flexibility index (Phi) is 12.2. The van der Waals surface area contributed by atoms with Crippen molar-refractivity contribution in [3.8, 4) is 11.4 Å². The van der Waals surface area contributed by atoms with Gasteiger partial charge in [0.05, 0.1) is 44.3 Å². The number of carbonyl (C=O) groups is 2. The predicted octanol–water partition coefficient (Wildman–Crippen LogP) is 4.99. The summed E-state index contributed by atoms with van der Waals surface area (Å²) in [6, 6.07) is 18.7. The van der Waals surface area contributed by atoms with E-state index in [0.717, 1.165) is 43.6 Å². The van der Waals surface area contributed by atoms with E-state index >= 15 is 4.39 Å². The van der Waals surface area contributed by atoms with Gasteiger partial charge in [0.25, 0.3) is 0 Å². The molecular formula is C41H46F2N8O7. The molecule has 1 N–H and O–H groups in total. The van der Waals surface area contributed by atoms with Crippen molar-refractivity contribution in [1.82, 2.24) is 29.1 Å². The molecule has 15 nitrogen and oxygen atoms in total. The van der Waals surface area contributed by atoms with Crippen LogP contribution in [0.1, 0.15) is 51.1 Å². The van der Waals surface area contributed by atoms with Gasteiger partial charge in [0.2, 0.25) is 0 Å². The Hall–Kier alpha value is -6.10. The summed E-state index contributed by atoms with van der Waals surface area (Å²) in [4.78, 5) is 44.9. The van der Waals surface area contributed by atoms with E-state index in [2.05, 4.69) is 25.0 Å². The normalized spacial score (nSPS) is 19.2. The molecule has 5 aromatic rings. The maximum atomic E-state index is 15.0. The standard InChI is InChI=1S/C41H46F2N8O7/c1-3-37(28(2)58-39(54)15-14-38(52)53)51-40(55)50(27-46-51)33-7-5-31(6-8-33)47-16-18-48(19-17-47)32-9-11-34(12-10-32)56-22-29-21-41(57-23-29,24-49-26-44-25-45-49)35-13-4-30(42)20-36(35)43/h4-13,20,25-29,37H,3,14-19,21-24H2,1-2H3,(H,52,53). The summed E-state index contributed by atoms with van der Waals surface area (Å²) in [5.74, 6) is -2.35. The summed E-state index contributed by atoms with van der Waals surface area (Å²) < 4.78 is 50.9. The summed E-state index contributed by atoms with van der Waals surface area (Å²) in [6.07, 6.45) is 4.09. The van der Waals surface area contributed by atoms with Gasteiger partial charge in [0.1, 0.15) is 48.1 Å². The Labute approximate surface area is 333 Å². The van der Waals surface area contributed by atoms with Crippen molar-refractivity contribution in [2.75, 3.05) is 49.2 Å². The highest BCUT2D eigenvalue weighted by molar-refractivity contribution is 5.76. The van der Waals surface area contributed by atoms with Crippen LogP contribution in [-0.4, -0.2) is 91.7 Å². The second-order valence-corrected chi connectivity index (χ2v) is 14.7. The first kappa shape index (κ1) is 40.1. The zero-order valence-corrected chi connectivity index (χ0v) is 32.3. The molecule has 0 bridgehead atoms. The molecule has 4 heterocycles. The number of piperazine rings is 1. The van der Waals surface area contributed by atoms with Crippen molar-refractivity contribution >= 4 is 23.3 Å². The molecule has 0 spiro atoms. The number of aliphatic carboxylic acids is 1. The molecule has 4 atom stereocenters. The molecule has 2 aliphatic rings. The smallest absolute Gasteiger partial charge is 0.350 e. The van der Waals surface area contributed by atoms with E-state index in [4.69, 9.17) is 19.3 Å². The third kappa shape index (κ3) is 9.04. The van der Waals surface area contributed by atoms with E-state index in [1.54, 1.807) is 17.9 Å². The maximum Gasteiger partial charge on any atom is 0.350 e. The number of esters is 1. The molecule has 0 aliphatic carbocycles. The number of hydrogen-bond acceptors (Lipinski definition) is 11. The van der Waals surface area contributed by atoms with Crippen LogP contribution >= 0.6 is 0 Å². The Morgan fingerprint density at radius 1 is 0.931 bits per heavy atom. The van der Waals surface area contributed by atoms with Crippen LogP contribution in [0.3, 0.4) is 0 Å². The second-order valence-electron chi connectivity index (χ2n) is 14.7. The van der Waals surface area contributed by atoms with E-state index in [1.807, 2.05) is 55.5 Å². The zero-order chi connectivity index (χ0) is 40.8. The first-order valence-electron chi connectivity index (χ1n) is 19.3. The number of carbonyl (C=O) groups excluding carboxylic acids is 1. The van der Waals surface area contributed by atoms with Crippen molar-refractivity contribution in [3.63, 3.8) is 0 Å². The minimum atomic E-state index is -1.08. The van der Waals surface area contributed by atoms with Crippen molar-refractivity contribution in [1.29, 1.82) is 0 Å². The molecular weight excluding hydrogens is 754 g/mol. The van der Waals surface area contributed by atoms with E-state index < -0.39 is 41.3 Å². The highest BCUT2D eigenvalue weighted by Gasteiger charge is 2.44. The monoisotopic (exact) mass is 800 g/mol. The minimum Gasteiger partial charge on any atom is -0.493 e. The zero-order valence-electron chi connectivity index (χ0n) is 32.3. The van der Waals surface area contributed by atoms with Crippen LogP contribution in [0.25, 0.3) is 5.69 Å². The van der Waals surface area contributed by atoms with Gasteiger partial charge in [-0.05, 0) is 74.4 Å². The quantitative estimate of drug-likeness (QED) is 0.134. The molecule has 2 fully saturated rings. The van der Waals surface area contributed by atoms with Gasteiger partial charge in [-0.3, -0.25) is 9.59 Å². The molecule has 58 heavy (non-hydrogen) atoms. The third-order valence-electron chi connectivity index (χ3n) is 10.8. The van der Waals surface area contributed by atoms with E-state index in [1.165, 1.54) is 34.0 Å². The van der Waals surface area contributed by atoms with Gasteiger partial charge in [0, 0.05) is 55.1 Å². The molecule has 4 unspecified atom stereocenters. The van der Waals surface area contributed by atoms with Gasteiger partial charge in [0.15, 0.2) is 0 Å². The molecule has 17 heteroatoms. The number of halogens is 2. The van der Waals surface area contributed by atoms with Gasteiger partial charge in [-0.15, -0.1) is 0 Å². The molecule has 7 rings (SSSR count). The number of ether oxygens (including phenoxy) is 3. The average Bonchev–Trinajstić information content (AvgIpc) is 3.98. The van der Waals surface area contributed by atoms with E-state index in [9.17, 15) is 18.8 Å². The van der Waals surface area contributed by atoms with Crippen molar-refractivity contribution in [2.45, 2.75) is 63.8 Å². The molecule has 2 saturated heterocycles.